The number of hydrogen-bond acceptors (Lipinski definition) is 2. The summed E-state index contributed by atoms with van der Waals surface area (Å²) in [4.78, 5) is 4.49. The lowest BCUT2D eigenvalue weighted by Gasteiger charge is -2.02. The Labute approximate surface area is 105 Å². The maximum Gasteiger partial charge on any atom is 0.180 e. The number of aromatic hydroxyl groups is 1. The second-order valence-electron chi connectivity index (χ2n) is 4.57. The first-order chi connectivity index (χ1) is 8.65. The van der Waals surface area contributed by atoms with E-state index in [1.165, 1.54) is 11.1 Å². The summed E-state index contributed by atoms with van der Waals surface area (Å²) in [7, 11) is 0. The number of fused-ring (bicyclic) bond motifs is 1. The van der Waals surface area contributed by atoms with Gasteiger partial charge in [0.2, 0.25) is 0 Å². The van der Waals surface area contributed by atoms with E-state index in [0.29, 0.717) is 5.65 Å². The van der Waals surface area contributed by atoms with Gasteiger partial charge in [0.15, 0.2) is 11.4 Å². The lowest BCUT2D eigenvalue weighted by atomic mass is 10.0. The molecule has 0 aliphatic carbocycles. The predicted molar refractivity (Wildman–Crippen MR) is 71.8 cm³/mol. The fourth-order valence-electron chi connectivity index (χ4n) is 2.23. The van der Waals surface area contributed by atoms with E-state index in [0.717, 1.165) is 11.3 Å². The molecule has 0 bridgehead atoms. The van der Waals surface area contributed by atoms with Crippen molar-refractivity contribution in [3.8, 4) is 17.0 Å². The van der Waals surface area contributed by atoms with Gasteiger partial charge in [-0.1, -0.05) is 23.8 Å². The van der Waals surface area contributed by atoms with Gasteiger partial charge in [0.1, 0.15) is 0 Å². The van der Waals surface area contributed by atoms with Crippen molar-refractivity contribution in [2.75, 3.05) is 0 Å². The molecule has 0 spiro atoms. The first-order valence-electron chi connectivity index (χ1n) is 5.89. The third-order valence-corrected chi connectivity index (χ3v) is 3.12. The molecule has 1 N–H and O–H groups in total. The zero-order valence-electron chi connectivity index (χ0n) is 10.4. The first kappa shape index (κ1) is 10.8. The molecular formula is C15H14N2O. The molecule has 1 aromatic carbocycles. The van der Waals surface area contributed by atoms with Crippen LogP contribution in [0.15, 0.2) is 42.7 Å². The van der Waals surface area contributed by atoms with Crippen LogP contribution in [0.4, 0.5) is 0 Å². The van der Waals surface area contributed by atoms with E-state index in [-0.39, 0.29) is 5.75 Å². The molecule has 18 heavy (non-hydrogen) atoms. The van der Waals surface area contributed by atoms with Crippen LogP contribution in [0.2, 0.25) is 0 Å². The Morgan fingerprint density at radius 3 is 2.72 bits per heavy atom. The topological polar surface area (TPSA) is 37.5 Å². The number of pyridine rings is 1. The van der Waals surface area contributed by atoms with Gasteiger partial charge < -0.3 is 9.51 Å². The Morgan fingerprint density at radius 2 is 2.00 bits per heavy atom. The molecule has 2 heterocycles. The monoisotopic (exact) mass is 238 g/mol. The molecule has 90 valence electrons. The summed E-state index contributed by atoms with van der Waals surface area (Å²) < 4.78 is 1.84. The molecule has 0 saturated carbocycles. The molecule has 0 amide bonds. The quantitative estimate of drug-likeness (QED) is 0.706. The second-order valence-corrected chi connectivity index (χ2v) is 4.57. The van der Waals surface area contributed by atoms with Gasteiger partial charge in [-0.25, -0.2) is 4.98 Å². The number of aryl methyl sites for hydroxylation is 2. The van der Waals surface area contributed by atoms with Crippen molar-refractivity contribution in [1.29, 1.82) is 0 Å². The van der Waals surface area contributed by atoms with Gasteiger partial charge in [-0.3, -0.25) is 0 Å². The highest BCUT2D eigenvalue weighted by molar-refractivity contribution is 5.68. The number of hydrogen-bond donors (Lipinski definition) is 1. The second kappa shape index (κ2) is 3.88. The first-order valence-corrected chi connectivity index (χ1v) is 5.89. The third-order valence-electron chi connectivity index (χ3n) is 3.12. The van der Waals surface area contributed by atoms with E-state index in [1.807, 2.05) is 16.8 Å². The predicted octanol–water partition coefficient (Wildman–Crippen LogP) is 3.32. The lowest BCUT2D eigenvalue weighted by molar-refractivity contribution is 0.477. The van der Waals surface area contributed by atoms with Gasteiger partial charge in [-0.2, -0.15) is 0 Å². The SMILES string of the molecule is Cc1ccc(-c2cn3cccc(O)c3n2)c(C)c1. The van der Waals surface area contributed by atoms with Gasteiger partial charge in [-0.15, -0.1) is 0 Å². The summed E-state index contributed by atoms with van der Waals surface area (Å²) in [5.41, 5.74) is 5.01. The van der Waals surface area contributed by atoms with Crippen LogP contribution < -0.4 is 0 Å². The molecular weight excluding hydrogens is 224 g/mol. The van der Waals surface area contributed by atoms with Crippen LogP contribution in [0.25, 0.3) is 16.9 Å². The van der Waals surface area contributed by atoms with Crippen molar-refractivity contribution in [2.45, 2.75) is 13.8 Å². The van der Waals surface area contributed by atoms with E-state index in [1.54, 1.807) is 12.1 Å². The highest BCUT2D eigenvalue weighted by atomic mass is 16.3. The summed E-state index contributed by atoms with van der Waals surface area (Å²) in [5, 5.41) is 9.76. The van der Waals surface area contributed by atoms with Gasteiger partial charge in [-0.05, 0) is 31.5 Å². The molecule has 0 aliphatic heterocycles. The number of rotatable bonds is 1. The van der Waals surface area contributed by atoms with Crippen LogP contribution >= 0.6 is 0 Å². The highest BCUT2D eigenvalue weighted by Gasteiger charge is 2.09. The Hall–Kier alpha value is -2.29. The van der Waals surface area contributed by atoms with Gasteiger partial charge in [0.05, 0.1) is 5.69 Å². The molecule has 0 radical (unpaired) electrons. The van der Waals surface area contributed by atoms with E-state index in [9.17, 15) is 5.11 Å². The largest absolute Gasteiger partial charge is 0.504 e. The molecule has 3 nitrogen and oxygen atoms in total. The van der Waals surface area contributed by atoms with Crippen LogP contribution in [-0.2, 0) is 0 Å². The van der Waals surface area contributed by atoms with E-state index in [2.05, 4.69) is 37.0 Å². The summed E-state index contributed by atoms with van der Waals surface area (Å²) in [6.07, 6.45) is 3.82. The molecule has 3 aromatic rings. The van der Waals surface area contributed by atoms with E-state index < -0.39 is 0 Å². The van der Waals surface area contributed by atoms with Crippen molar-refractivity contribution < 1.29 is 5.11 Å². The fraction of sp³-hybridized carbons (Fsp3) is 0.133. The van der Waals surface area contributed by atoms with E-state index in [4.69, 9.17) is 0 Å². The number of nitrogens with zero attached hydrogens (tertiary/aromatic N) is 2. The summed E-state index contributed by atoms with van der Waals surface area (Å²) >= 11 is 0. The Bertz CT molecular complexity index is 728. The van der Waals surface area contributed by atoms with Crippen LogP contribution in [-0.4, -0.2) is 14.5 Å². The van der Waals surface area contributed by atoms with Crippen LogP contribution in [0.1, 0.15) is 11.1 Å². The minimum atomic E-state index is 0.202. The standard InChI is InChI=1S/C15H14N2O/c1-10-5-6-12(11(2)8-10)13-9-17-7-3-4-14(18)15(17)16-13/h3-9,18H,1-2H3. The summed E-state index contributed by atoms with van der Waals surface area (Å²) in [6, 6.07) is 9.73. The van der Waals surface area contributed by atoms with Crippen LogP contribution in [0.5, 0.6) is 5.75 Å². The van der Waals surface area contributed by atoms with Crippen LogP contribution in [0, 0.1) is 13.8 Å². The molecule has 0 atom stereocenters. The minimum absolute atomic E-state index is 0.202. The molecule has 2 aromatic heterocycles. The molecule has 0 aliphatic rings. The third kappa shape index (κ3) is 1.64. The van der Waals surface area contributed by atoms with E-state index >= 15 is 0 Å². The smallest absolute Gasteiger partial charge is 0.180 e. The molecule has 0 saturated heterocycles. The normalized spacial score (nSPS) is 11.0. The van der Waals surface area contributed by atoms with Gasteiger partial charge in [0.25, 0.3) is 0 Å². The van der Waals surface area contributed by atoms with Crippen molar-refractivity contribution in [3.05, 3.63) is 53.9 Å². The average molecular weight is 238 g/mol. The van der Waals surface area contributed by atoms with Crippen molar-refractivity contribution >= 4 is 5.65 Å². The Balaban J connectivity index is 2.23. The molecule has 0 unspecified atom stereocenters. The maximum absolute atomic E-state index is 9.76. The fourth-order valence-corrected chi connectivity index (χ4v) is 2.23. The molecule has 0 fully saturated rings. The van der Waals surface area contributed by atoms with Crippen molar-refractivity contribution in [2.24, 2.45) is 0 Å². The highest BCUT2D eigenvalue weighted by Crippen LogP contribution is 2.26. The lowest BCUT2D eigenvalue weighted by Crippen LogP contribution is -1.84. The van der Waals surface area contributed by atoms with Gasteiger partial charge >= 0.3 is 0 Å². The Morgan fingerprint density at radius 1 is 1.17 bits per heavy atom. The summed E-state index contributed by atoms with van der Waals surface area (Å²) in [6.45, 7) is 4.15. The minimum Gasteiger partial charge on any atom is -0.504 e. The Kier molecular flexibility index (Phi) is 2.33. The maximum atomic E-state index is 9.76. The number of aromatic nitrogens is 2. The zero-order valence-corrected chi connectivity index (χ0v) is 10.4. The number of imidazole rings is 1. The number of benzene rings is 1. The molecule has 3 rings (SSSR count). The zero-order chi connectivity index (χ0) is 12.7. The van der Waals surface area contributed by atoms with Gasteiger partial charge in [0, 0.05) is 18.0 Å². The van der Waals surface area contributed by atoms with Crippen LogP contribution in [0.3, 0.4) is 0 Å². The molecule has 3 heteroatoms. The van der Waals surface area contributed by atoms with Crippen molar-refractivity contribution in [1.82, 2.24) is 9.38 Å². The van der Waals surface area contributed by atoms with Crippen molar-refractivity contribution in [3.63, 3.8) is 0 Å². The average Bonchev–Trinajstić information content (AvgIpc) is 2.74. The summed E-state index contributed by atoms with van der Waals surface area (Å²) in [5.74, 6) is 0.202.